The average molecular weight is 2090 g/mol. The van der Waals surface area contributed by atoms with Crippen LogP contribution < -0.4 is 60.1 Å². The molecule has 0 spiro atoms. The van der Waals surface area contributed by atoms with Crippen molar-refractivity contribution in [3.05, 3.63) is 137 Å². The molecule has 4 fully saturated rings. The Morgan fingerprint density at radius 1 is 0.361 bits per heavy atom. The van der Waals surface area contributed by atoms with Gasteiger partial charge in [0.1, 0.15) is 68.4 Å². The van der Waals surface area contributed by atoms with Crippen LogP contribution in [0.5, 0.6) is 23.0 Å². The first-order valence-electron chi connectivity index (χ1n) is 61.7. The van der Waals surface area contributed by atoms with Gasteiger partial charge in [-0.15, -0.1) is 0 Å². The fourth-order valence-electron chi connectivity index (χ4n) is 16.6. The molecule has 4 aliphatic rings. The van der Waals surface area contributed by atoms with Crippen LogP contribution in [0.4, 0.5) is 0 Å². The van der Waals surface area contributed by atoms with Crippen molar-refractivity contribution in [1.29, 1.82) is 0 Å². The first kappa shape index (κ1) is 77.4. The molecule has 0 amide bonds. The summed E-state index contributed by atoms with van der Waals surface area (Å²) < 4.78 is 370. The predicted molar refractivity (Wildman–Crippen MR) is 559 cm³/mol. The van der Waals surface area contributed by atoms with Crippen LogP contribution in [0.25, 0.3) is 89.7 Å². The molecule has 144 heavy (non-hydrogen) atoms. The lowest BCUT2D eigenvalue weighted by atomic mass is 10.1. The molecule has 16 rings (SSSR count). The van der Waals surface area contributed by atoms with Gasteiger partial charge >= 0.3 is 0 Å². The van der Waals surface area contributed by atoms with Crippen LogP contribution >= 0.6 is 0 Å². The summed E-state index contributed by atoms with van der Waals surface area (Å²) >= 11 is 0. The number of ether oxygens (including phenoxy) is 4. The molecule has 0 saturated carbocycles. The molecule has 0 aliphatic carbocycles. The third-order valence-corrected chi connectivity index (χ3v) is 29.2. The second-order valence-corrected chi connectivity index (χ2v) is 41.4. The summed E-state index contributed by atoms with van der Waals surface area (Å²) in [5, 5.41) is 16.4. The Kier molecular flexibility index (Phi) is 26.8. The number of nitrogens with zero attached hydrogens (tertiary/aromatic N) is 16. The normalized spacial score (nSPS) is 21.1. The lowest BCUT2D eigenvalue weighted by Crippen LogP contribution is -2.31. The van der Waals surface area contributed by atoms with Gasteiger partial charge in [-0.1, -0.05) is 80.9 Å². The van der Waals surface area contributed by atoms with Crippen molar-refractivity contribution in [2.24, 2.45) is 28.0 Å². The van der Waals surface area contributed by atoms with Crippen molar-refractivity contribution in [2.45, 2.75) is 253 Å². The van der Waals surface area contributed by atoms with Crippen molar-refractivity contribution in [3.8, 4) is 68.5 Å². The van der Waals surface area contributed by atoms with Gasteiger partial charge in [0, 0.05) is 117 Å². The van der Waals surface area contributed by atoms with Crippen molar-refractivity contribution in [2.75, 3.05) is 107 Å². The van der Waals surface area contributed by atoms with Crippen molar-refractivity contribution >= 4 is 84.2 Å². The van der Waals surface area contributed by atoms with Crippen molar-refractivity contribution in [1.82, 2.24) is 117 Å². The molecule has 4 aliphatic heterocycles. The number of aromatic nitrogens is 16. The van der Waals surface area contributed by atoms with Crippen LogP contribution in [-0.4, -0.2) is 263 Å². The Morgan fingerprint density at radius 2 is 0.646 bits per heavy atom. The van der Waals surface area contributed by atoms with E-state index in [-0.39, 0.29) is 168 Å². The zero-order valence-electron chi connectivity index (χ0n) is 110. The van der Waals surface area contributed by atoms with Crippen LogP contribution in [0.15, 0.2) is 112 Å². The fraction of sp³-hybridized carbons (Fsp3) is 0.560. The number of fused-ring (bicyclic) bond motifs is 4. The molecule has 44 heteroatoms. The third kappa shape index (κ3) is 26.5. The van der Waals surface area contributed by atoms with E-state index >= 15 is 0 Å². The van der Waals surface area contributed by atoms with Gasteiger partial charge in [0.05, 0.1) is 91.0 Å². The van der Waals surface area contributed by atoms with Crippen LogP contribution in [-0.2, 0) is 93.7 Å². The number of benzene rings is 4. The van der Waals surface area contributed by atoms with Crippen molar-refractivity contribution in [3.63, 3.8) is 0 Å². The number of hydrogen-bond donors (Lipinski definition) is 8. The van der Waals surface area contributed by atoms with Gasteiger partial charge in [-0.25, -0.2) is 72.5 Å². The maximum absolute atomic E-state index is 13.5. The van der Waals surface area contributed by atoms with Gasteiger partial charge in [-0.05, 0) is 255 Å². The number of aryl methyl sites for hydroxylation is 8. The third-order valence-electron chi connectivity index (χ3n) is 24.0. The van der Waals surface area contributed by atoms with Crippen LogP contribution in [0.2, 0.25) is 0 Å². The van der Waals surface area contributed by atoms with Crippen molar-refractivity contribution < 1.29 is 91.0 Å². The minimum atomic E-state index is -4.73. The van der Waals surface area contributed by atoms with Gasteiger partial charge in [-0.2, -0.15) is 20.4 Å². The lowest BCUT2D eigenvalue weighted by Gasteiger charge is -2.19. The Labute approximate surface area is 882 Å². The van der Waals surface area contributed by atoms with E-state index in [1.807, 2.05) is 44.4 Å². The molecule has 6 atom stereocenters. The zero-order chi connectivity index (χ0) is 128. The molecule has 8 aromatic heterocycles. The number of rotatable bonds is 44. The van der Waals surface area contributed by atoms with E-state index in [0.717, 1.165) is 44.0 Å². The number of aromatic amines is 4. The minimum absolute atomic E-state index is 0.00923. The molecule has 784 valence electrons. The smallest absolute Gasteiger partial charge is 0.277 e. The van der Waals surface area contributed by atoms with Crippen LogP contribution in [0.1, 0.15) is 245 Å². The molecule has 4 saturated heterocycles. The van der Waals surface area contributed by atoms with Gasteiger partial charge in [0.15, 0.2) is 22.1 Å². The predicted octanol–water partition coefficient (Wildman–Crippen LogP) is 11.3. The van der Waals surface area contributed by atoms with E-state index in [9.17, 15) is 52.8 Å². The second kappa shape index (κ2) is 49.9. The summed E-state index contributed by atoms with van der Waals surface area (Å²) in [5.41, 5.74) is -3.74. The Morgan fingerprint density at radius 3 is 0.938 bits per heavy atom. The van der Waals surface area contributed by atoms with E-state index in [1.165, 1.54) is 77.8 Å². The maximum Gasteiger partial charge on any atom is 0.277 e. The van der Waals surface area contributed by atoms with Gasteiger partial charge < -0.3 is 58.5 Å². The summed E-state index contributed by atoms with van der Waals surface area (Å²) in [4.78, 5) is 86.8. The summed E-state index contributed by atoms with van der Waals surface area (Å²) in [7, 11) is -7.70. The Bertz CT molecular complexity index is 8550. The van der Waals surface area contributed by atoms with E-state index in [0.29, 0.717) is 117 Å². The summed E-state index contributed by atoms with van der Waals surface area (Å²) in [6, 6.07) is 12.7. The highest BCUT2D eigenvalue weighted by Crippen LogP contribution is 2.38. The van der Waals surface area contributed by atoms with E-state index < -0.39 is 200 Å². The highest BCUT2D eigenvalue weighted by molar-refractivity contribution is 7.90. The maximum atomic E-state index is 13.5. The van der Waals surface area contributed by atoms with Crippen LogP contribution in [0.3, 0.4) is 0 Å². The number of nitrogens with one attached hydrogen (secondary N) is 8. The highest BCUT2D eigenvalue weighted by atomic mass is 32.2. The lowest BCUT2D eigenvalue weighted by molar-refractivity contribution is 0.297. The molecule has 8 N–H and O–H groups in total. The molecule has 0 bridgehead atoms. The molecule has 40 nitrogen and oxygen atoms in total. The van der Waals surface area contributed by atoms with Gasteiger partial charge in [0.25, 0.3) is 22.2 Å². The molecule has 4 aromatic carbocycles. The fourth-order valence-corrected chi connectivity index (χ4v) is 20.2. The standard InChI is InChI=1S/4C25H36N6O4S/c4*1-5-8-20-22-23(31(4)29-20)25(32)28-24(27-22)19-16-18(10-11-21(19)35-15-6-2)36(33,34)26-13-12-17-9-7-14-30(17)3/h4*10-11,16-17,26H,5-9,12-15H2,1-4H3,(H,27,28,32)/i4D3,8D2,12D2,13D2;4D3,8D2,12D2,13D;1D3,12D2,13D;1D3,12D2. The Balaban J connectivity index is 0.000000188. The summed E-state index contributed by atoms with van der Waals surface area (Å²) in [5.74, 6) is 0.268. The number of sulfonamides is 4. The second-order valence-electron chi connectivity index (χ2n) is 34.5. The van der Waals surface area contributed by atoms with E-state index in [1.54, 1.807) is 49.9 Å². The molecule has 12 aromatic rings. The summed E-state index contributed by atoms with van der Waals surface area (Å²) in [6.07, 6.45) is -6.12. The number of hydrogen-bond acceptors (Lipinski definition) is 28. The monoisotopic (exact) mass is 2090 g/mol. The molecule has 0 radical (unpaired) electrons. The topological polar surface area (TPSA) is 489 Å². The number of likely N-dealkylation sites (tertiary alicyclic amines) is 4. The Hall–Kier alpha value is -11.0. The average Bonchev–Trinajstić information content (AvgIpc) is 1.58. The molecule has 12 heterocycles. The molecule has 6 unspecified atom stereocenters. The quantitative estimate of drug-likeness (QED) is 0.0176. The largest absolute Gasteiger partial charge is 0.493 e. The minimum Gasteiger partial charge on any atom is -0.493 e. The van der Waals surface area contributed by atoms with Crippen LogP contribution in [0, 0.1) is 0 Å². The summed E-state index contributed by atoms with van der Waals surface area (Å²) in [6.45, 7) is -3.16. The molecular weight excluding hydrogens is 1920 g/mol. The number of H-pyrrole nitrogens is 4. The van der Waals surface area contributed by atoms with E-state index in [2.05, 4.69) is 74.4 Å². The SMILES string of the molecule is [2H]C(NS(=O)(=O)c1ccc(OCCC)c(-c2nc3c(C([2H])([2H])CC)nn(C([2H])([2H])[2H])c3c(=O)[nH]2)c1)C([2H])([2H])C1CCCN1C.[2H]C(NS(=O)(=O)c1ccc(OCCC)c(-c2nc3c(CCC([2H])([2H])[2H])nn(C)c3c(=O)[nH]2)c1)C([2H])([2H])C1CCCN1C.[2H]C([2H])(CC)c1nn(C([2H])([2H])[2H])c2c(=O)[nH]c(-c3cc(S(=O)(=O)NC([2H])([2H])C([2H])([2H])C4CCCN4C)ccc3OCCC)nc12.[2H]C([2H])([2H])CCc1nn(C)c2c(=O)[nH]c(-c3cc(S(=O)(=O)NCC([2H])([2H])C4CCCN4C)ccc3OCCC)nc12. The van der Waals surface area contributed by atoms with E-state index in [4.69, 9.17) is 57.3 Å². The molecular formula is C100H144N24O16S4. The van der Waals surface area contributed by atoms with Gasteiger partial charge in [-0.3, -0.25) is 37.9 Å². The first-order chi connectivity index (χ1) is 79.7. The highest BCUT2D eigenvalue weighted by Gasteiger charge is 2.32. The zero-order valence-corrected chi connectivity index (χ0v) is 85.6. The first-order valence-corrected chi connectivity index (χ1v) is 53.5. The van der Waals surface area contributed by atoms with Gasteiger partial charge in [0.2, 0.25) is 40.1 Å².